The van der Waals surface area contributed by atoms with Crippen LogP contribution in [-0.2, 0) is 9.47 Å². The molecular formula is C13H13NO5Se. The Kier molecular flexibility index (Phi) is 4.76. The van der Waals surface area contributed by atoms with Crippen LogP contribution >= 0.6 is 0 Å². The molecule has 0 atom stereocenters. The standard InChI is InChI=1S/C13H13NO5Se/c1-3-17-12(15)9-10(13(16)18-4-2)20-11(14-9)8-6-5-7-19-8/h5-7H,3-4H2,1-2H3. The van der Waals surface area contributed by atoms with E-state index < -0.39 is 26.4 Å². The van der Waals surface area contributed by atoms with Gasteiger partial charge in [-0.05, 0) is 0 Å². The molecule has 0 unspecified atom stereocenters. The monoisotopic (exact) mass is 343 g/mol. The Morgan fingerprint density at radius 1 is 1.25 bits per heavy atom. The molecule has 2 aromatic heterocycles. The van der Waals surface area contributed by atoms with Crippen LogP contribution in [0, 0.1) is 0 Å². The molecular weight excluding hydrogens is 329 g/mol. The Hall–Kier alpha value is -1.85. The summed E-state index contributed by atoms with van der Waals surface area (Å²) in [7, 11) is 0. The summed E-state index contributed by atoms with van der Waals surface area (Å²) in [5, 5.41) is 0. The summed E-state index contributed by atoms with van der Waals surface area (Å²) in [6.45, 7) is 3.86. The maximum absolute atomic E-state index is 11.9. The van der Waals surface area contributed by atoms with Gasteiger partial charge in [0.05, 0.1) is 0 Å². The van der Waals surface area contributed by atoms with E-state index in [1.807, 2.05) is 0 Å². The number of furan rings is 1. The molecule has 6 nitrogen and oxygen atoms in total. The van der Waals surface area contributed by atoms with Crippen molar-refractivity contribution in [3.8, 4) is 10.3 Å². The third-order valence-corrected chi connectivity index (χ3v) is 4.49. The first-order chi connectivity index (χ1) is 9.67. The van der Waals surface area contributed by atoms with Crippen molar-refractivity contribution in [2.75, 3.05) is 13.2 Å². The summed E-state index contributed by atoms with van der Waals surface area (Å²) in [4.78, 5) is 28.0. The van der Waals surface area contributed by atoms with Gasteiger partial charge in [0.2, 0.25) is 0 Å². The van der Waals surface area contributed by atoms with E-state index in [2.05, 4.69) is 4.98 Å². The second-order valence-corrected chi connectivity index (χ2v) is 5.71. The van der Waals surface area contributed by atoms with E-state index in [0.29, 0.717) is 10.3 Å². The van der Waals surface area contributed by atoms with Gasteiger partial charge in [-0.25, -0.2) is 0 Å². The van der Waals surface area contributed by atoms with E-state index in [4.69, 9.17) is 13.9 Å². The zero-order valence-electron chi connectivity index (χ0n) is 11.0. The van der Waals surface area contributed by atoms with Gasteiger partial charge < -0.3 is 0 Å². The van der Waals surface area contributed by atoms with Crippen LogP contribution in [0.1, 0.15) is 33.6 Å². The van der Waals surface area contributed by atoms with Crippen LogP contribution < -0.4 is 0 Å². The zero-order chi connectivity index (χ0) is 14.5. The molecule has 0 radical (unpaired) electrons. The SMILES string of the molecule is CCOC(=O)c1nc(-c2ccco2)[se]c1C(=O)OCC. The summed E-state index contributed by atoms with van der Waals surface area (Å²) < 4.78 is 16.0. The molecule has 0 saturated heterocycles. The molecule has 2 heterocycles. The molecule has 0 fully saturated rings. The number of carbonyl (C=O) groups is 2. The van der Waals surface area contributed by atoms with Gasteiger partial charge in [-0.1, -0.05) is 0 Å². The van der Waals surface area contributed by atoms with Crippen molar-refractivity contribution in [1.29, 1.82) is 0 Å². The fourth-order valence-corrected chi connectivity index (χ4v) is 3.42. The van der Waals surface area contributed by atoms with Crippen LogP contribution in [-0.4, -0.2) is 44.6 Å². The topological polar surface area (TPSA) is 78.6 Å². The van der Waals surface area contributed by atoms with Crippen molar-refractivity contribution < 1.29 is 23.5 Å². The van der Waals surface area contributed by atoms with Crippen molar-refractivity contribution >= 4 is 26.4 Å². The summed E-state index contributed by atoms with van der Waals surface area (Å²) in [6.07, 6.45) is 1.51. The molecule has 7 heteroatoms. The van der Waals surface area contributed by atoms with Crippen molar-refractivity contribution in [1.82, 2.24) is 4.98 Å². The number of rotatable bonds is 5. The van der Waals surface area contributed by atoms with Crippen LogP contribution in [0.4, 0.5) is 0 Å². The molecule has 0 bridgehead atoms. The fourth-order valence-electron chi connectivity index (χ4n) is 1.50. The van der Waals surface area contributed by atoms with E-state index in [1.165, 1.54) is 6.26 Å². The molecule has 0 aliphatic carbocycles. The number of aromatic nitrogens is 1. The first-order valence-electron chi connectivity index (χ1n) is 6.06. The molecule has 2 rings (SSSR count). The van der Waals surface area contributed by atoms with Crippen LogP contribution in [0.3, 0.4) is 0 Å². The molecule has 0 aliphatic rings. The van der Waals surface area contributed by atoms with E-state index >= 15 is 0 Å². The number of hydrogen-bond donors (Lipinski definition) is 0. The van der Waals surface area contributed by atoms with Gasteiger partial charge in [0.1, 0.15) is 0 Å². The average Bonchev–Trinajstić information content (AvgIpc) is 3.08. The first kappa shape index (κ1) is 14.6. The van der Waals surface area contributed by atoms with E-state index in [9.17, 15) is 9.59 Å². The van der Waals surface area contributed by atoms with Gasteiger partial charge >= 0.3 is 121 Å². The normalized spacial score (nSPS) is 10.3. The number of carbonyl (C=O) groups excluding carboxylic acids is 2. The van der Waals surface area contributed by atoms with Gasteiger partial charge in [0, 0.05) is 0 Å². The molecule has 2 aromatic rings. The van der Waals surface area contributed by atoms with Crippen molar-refractivity contribution in [3.63, 3.8) is 0 Å². The number of ether oxygens (including phenoxy) is 2. The van der Waals surface area contributed by atoms with Crippen LogP contribution in [0.5, 0.6) is 0 Å². The summed E-state index contributed by atoms with van der Waals surface area (Å²) in [5.74, 6) is -0.592. The summed E-state index contributed by atoms with van der Waals surface area (Å²) in [6, 6.07) is 3.46. The van der Waals surface area contributed by atoms with Gasteiger partial charge in [0.15, 0.2) is 0 Å². The van der Waals surface area contributed by atoms with Crippen molar-refractivity contribution in [2.24, 2.45) is 0 Å². The molecule has 20 heavy (non-hydrogen) atoms. The first-order valence-corrected chi connectivity index (χ1v) is 7.77. The number of hydrogen-bond acceptors (Lipinski definition) is 6. The third kappa shape index (κ3) is 3.00. The van der Waals surface area contributed by atoms with Gasteiger partial charge in [-0.2, -0.15) is 0 Å². The molecule has 0 amide bonds. The van der Waals surface area contributed by atoms with Crippen LogP contribution in [0.25, 0.3) is 10.3 Å². The Labute approximate surface area is 121 Å². The average molecular weight is 342 g/mol. The molecule has 0 aliphatic heterocycles. The van der Waals surface area contributed by atoms with Gasteiger partial charge in [-0.15, -0.1) is 0 Å². The maximum atomic E-state index is 11.9. The summed E-state index contributed by atoms with van der Waals surface area (Å²) in [5.41, 5.74) is 0.0247. The van der Waals surface area contributed by atoms with E-state index in [0.717, 1.165) is 0 Å². The number of nitrogens with zero attached hydrogens (tertiary/aromatic N) is 1. The van der Waals surface area contributed by atoms with Crippen molar-refractivity contribution in [3.05, 3.63) is 28.5 Å². The van der Waals surface area contributed by atoms with Crippen molar-refractivity contribution in [2.45, 2.75) is 13.8 Å². The zero-order valence-corrected chi connectivity index (χ0v) is 12.8. The molecule has 0 aromatic carbocycles. The number of esters is 2. The minimum atomic E-state index is -0.612. The Morgan fingerprint density at radius 2 is 1.95 bits per heavy atom. The van der Waals surface area contributed by atoms with E-state index in [-0.39, 0.29) is 23.3 Å². The molecule has 0 spiro atoms. The van der Waals surface area contributed by atoms with Gasteiger partial charge in [0.25, 0.3) is 0 Å². The second kappa shape index (κ2) is 6.54. The second-order valence-electron chi connectivity index (χ2n) is 3.61. The van der Waals surface area contributed by atoms with Gasteiger partial charge in [-0.3, -0.25) is 0 Å². The Morgan fingerprint density at radius 3 is 2.55 bits per heavy atom. The third-order valence-electron chi connectivity index (χ3n) is 2.29. The molecule has 106 valence electrons. The molecule has 0 N–H and O–H groups in total. The minimum absolute atomic E-state index is 0.0247. The fraction of sp³-hybridized carbons (Fsp3) is 0.308. The predicted molar refractivity (Wildman–Crippen MR) is 70.8 cm³/mol. The summed E-state index contributed by atoms with van der Waals surface area (Å²) >= 11 is -0.438. The van der Waals surface area contributed by atoms with Crippen LogP contribution in [0.2, 0.25) is 0 Å². The Balaban J connectivity index is 2.41. The van der Waals surface area contributed by atoms with Crippen LogP contribution in [0.15, 0.2) is 22.8 Å². The quantitative estimate of drug-likeness (QED) is 0.609. The van der Waals surface area contributed by atoms with E-state index in [1.54, 1.807) is 26.0 Å². The Bertz CT molecular complexity index is 567. The predicted octanol–water partition coefficient (Wildman–Crippen LogP) is 1.75. The molecule has 0 saturated carbocycles.